The molecule has 20 heavy (non-hydrogen) atoms. The van der Waals surface area contributed by atoms with E-state index in [1.807, 2.05) is 12.1 Å². The molecule has 4 N–H and O–H groups in total. The van der Waals surface area contributed by atoms with E-state index in [0.29, 0.717) is 23.4 Å². The van der Waals surface area contributed by atoms with Crippen LogP contribution in [-0.4, -0.2) is 16.1 Å². The Balaban J connectivity index is 1.84. The molecule has 0 aromatic heterocycles. The quantitative estimate of drug-likeness (QED) is 0.684. The predicted octanol–water partition coefficient (Wildman–Crippen LogP) is 1.74. The van der Waals surface area contributed by atoms with Crippen LogP contribution >= 0.6 is 0 Å². The monoisotopic (exact) mass is 270 g/mol. The number of nitrogens with one attached hydrogen (secondary N) is 2. The number of aliphatic hydroxyl groups excluding tert-OH is 1. The van der Waals surface area contributed by atoms with Crippen LogP contribution < -0.4 is 10.6 Å². The van der Waals surface area contributed by atoms with Crippen LogP contribution in [-0.2, 0) is 6.54 Å². The molecule has 5 heteroatoms. The van der Waals surface area contributed by atoms with Crippen molar-refractivity contribution in [2.75, 3.05) is 5.32 Å². The number of carbonyl (C=O) groups is 1. The first-order chi connectivity index (χ1) is 9.65. The number of aromatic hydroxyl groups is 1. The third-order valence-corrected chi connectivity index (χ3v) is 3.29. The average molecular weight is 270 g/mol. The fourth-order valence-corrected chi connectivity index (χ4v) is 2.35. The standard InChI is InChI=1S/C15H14N2O3/c18-10-4-1-3-9(7-10)8-16-12-6-2-5-11-13(12)15(20)17-14(11)19/h1-7,15-16,18,20H,8H2,(H,17,19). The van der Waals surface area contributed by atoms with Crippen LogP contribution in [0.4, 0.5) is 5.69 Å². The summed E-state index contributed by atoms with van der Waals surface area (Å²) in [4.78, 5) is 11.6. The normalized spacial score (nSPS) is 16.6. The Morgan fingerprint density at radius 1 is 1.20 bits per heavy atom. The minimum Gasteiger partial charge on any atom is -0.508 e. The second kappa shape index (κ2) is 4.86. The Hall–Kier alpha value is -2.53. The number of anilines is 1. The Morgan fingerprint density at radius 3 is 2.80 bits per heavy atom. The molecule has 1 aliphatic heterocycles. The lowest BCUT2D eigenvalue weighted by Gasteiger charge is -2.12. The highest BCUT2D eigenvalue weighted by molar-refractivity contribution is 6.00. The first-order valence-corrected chi connectivity index (χ1v) is 6.29. The van der Waals surface area contributed by atoms with Crippen molar-refractivity contribution in [2.24, 2.45) is 0 Å². The number of fused-ring (bicyclic) bond motifs is 1. The third kappa shape index (κ3) is 2.19. The van der Waals surface area contributed by atoms with E-state index in [-0.39, 0.29) is 11.7 Å². The van der Waals surface area contributed by atoms with E-state index in [2.05, 4.69) is 10.6 Å². The topological polar surface area (TPSA) is 81.6 Å². The summed E-state index contributed by atoms with van der Waals surface area (Å²) in [7, 11) is 0. The van der Waals surface area contributed by atoms with Crippen molar-refractivity contribution in [3.63, 3.8) is 0 Å². The van der Waals surface area contributed by atoms with Crippen molar-refractivity contribution < 1.29 is 15.0 Å². The van der Waals surface area contributed by atoms with E-state index in [1.165, 1.54) is 0 Å². The van der Waals surface area contributed by atoms with Gasteiger partial charge in [0, 0.05) is 23.4 Å². The number of carbonyl (C=O) groups excluding carboxylic acids is 1. The van der Waals surface area contributed by atoms with E-state index < -0.39 is 6.23 Å². The van der Waals surface area contributed by atoms with Gasteiger partial charge in [0.2, 0.25) is 0 Å². The van der Waals surface area contributed by atoms with Crippen molar-refractivity contribution in [3.05, 3.63) is 59.2 Å². The molecule has 0 fully saturated rings. The molecular weight excluding hydrogens is 256 g/mol. The van der Waals surface area contributed by atoms with Crippen LogP contribution in [0.2, 0.25) is 0 Å². The highest BCUT2D eigenvalue weighted by atomic mass is 16.3. The molecule has 2 aromatic rings. The van der Waals surface area contributed by atoms with Crippen molar-refractivity contribution in [1.82, 2.24) is 5.32 Å². The van der Waals surface area contributed by atoms with Gasteiger partial charge < -0.3 is 20.8 Å². The number of phenolic OH excluding ortho intramolecular Hbond substituents is 1. The maximum absolute atomic E-state index is 11.6. The molecule has 0 bridgehead atoms. The molecule has 0 spiro atoms. The molecule has 2 aromatic carbocycles. The number of benzene rings is 2. The lowest BCUT2D eigenvalue weighted by molar-refractivity contribution is 0.0851. The van der Waals surface area contributed by atoms with E-state index in [4.69, 9.17) is 0 Å². The van der Waals surface area contributed by atoms with E-state index in [1.54, 1.807) is 30.3 Å². The van der Waals surface area contributed by atoms with Gasteiger partial charge in [0.15, 0.2) is 6.23 Å². The summed E-state index contributed by atoms with van der Waals surface area (Å²) in [5.41, 5.74) is 2.67. The Kier molecular flexibility index (Phi) is 3.04. The van der Waals surface area contributed by atoms with Crippen LogP contribution in [0.1, 0.15) is 27.7 Å². The van der Waals surface area contributed by atoms with E-state index in [9.17, 15) is 15.0 Å². The molecule has 102 valence electrons. The summed E-state index contributed by atoms with van der Waals surface area (Å²) in [6.07, 6.45) is -0.981. The second-order valence-corrected chi connectivity index (χ2v) is 4.67. The summed E-state index contributed by atoms with van der Waals surface area (Å²) in [5.74, 6) is -0.0621. The molecule has 3 rings (SSSR count). The Morgan fingerprint density at radius 2 is 2.00 bits per heavy atom. The zero-order chi connectivity index (χ0) is 14.1. The summed E-state index contributed by atoms with van der Waals surface area (Å²) >= 11 is 0. The molecule has 1 heterocycles. The minimum atomic E-state index is -0.981. The van der Waals surface area contributed by atoms with Crippen molar-refractivity contribution >= 4 is 11.6 Å². The van der Waals surface area contributed by atoms with Crippen LogP contribution in [0.15, 0.2) is 42.5 Å². The van der Waals surface area contributed by atoms with E-state index >= 15 is 0 Å². The average Bonchev–Trinajstić information content (AvgIpc) is 2.73. The van der Waals surface area contributed by atoms with Crippen LogP contribution in [0.5, 0.6) is 5.75 Å². The molecule has 0 aliphatic carbocycles. The SMILES string of the molecule is O=C1NC(O)c2c(NCc3cccc(O)c3)cccc21. The number of amides is 1. The minimum absolute atomic E-state index is 0.208. The number of phenols is 1. The number of rotatable bonds is 3. The van der Waals surface area contributed by atoms with Crippen molar-refractivity contribution in [3.8, 4) is 5.75 Å². The van der Waals surface area contributed by atoms with Gasteiger partial charge in [-0.05, 0) is 29.8 Å². The van der Waals surface area contributed by atoms with Gasteiger partial charge in [0.05, 0.1) is 0 Å². The molecule has 1 aliphatic rings. The summed E-state index contributed by atoms with van der Waals surface area (Å²) in [6.45, 7) is 0.492. The molecule has 0 saturated heterocycles. The zero-order valence-corrected chi connectivity index (χ0v) is 10.6. The molecule has 1 amide bonds. The molecule has 1 unspecified atom stereocenters. The molecule has 5 nitrogen and oxygen atoms in total. The largest absolute Gasteiger partial charge is 0.508 e. The molecule has 1 atom stereocenters. The number of hydrogen-bond acceptors (Lipinski definition) is 4. The maximum atomic E-state index is 11.6. The number of aliphatic hydroxyl groups is 1. The lowest BCUT2D eigenvalue weighted by Crippen LogP contribution is -2.18. The summed E-state index contributed by atoms with van der Waals surface area (Å²) in [6, 6.07) is 12.2. The van der Waals surface area contributed by atoms with Crippen LogP contribution in [0, 0.1) is 0 Å². The van der Waals surface area contributed by atoms with Gasteiger partial charge in [-0.2, -0.15) is 0 Å². The van der Waals surface area contributed by atoms with Crippen molar-refractivity contribution in [1.29, 1.82) is 0 Å². The summed E-state index contributed by atoms with van der Waals surface area (Å²) < 4.78 is 0. The van der Waals surface area contributed by atoms with Gasteiger partial charge in [0.25, 0.3) is 5.91 Å². The fourth-order valence-electron chi connectivity index (χ4n) is 2.35. The predicted molar refractivity (Wildman–Crippen MR) is 74.3 cm³/mol. The summed E-state index contributed by atoms with van der Waals surface area (Å²) in [5, 5.41) is 24.9. The first kappa shape index (κ1) is 12.5. The first-order valence-electron chi connectivity index (χ1n) is 6.29. The third-order valence-electron chi connectivity index (χ3n) is 3.29. The lowest BCUT2D eigenvalue weighted by atomic mass is 10.1. The Bertz CT molecular complexity index is 670. The number of hydrogen-bond donors (Lipinski definition) is 4. The van der Waals surface area contributed by atoms with Gasteiger partial charge >= 0.3 is 0 Å². The second-order valence-electron chi connectivity index (χ2n) is 4.67. The smallest absolute Gasteiger partial charge is 0.254 e. The van der Waals surface area contributed by atoms with Gasteiger partial charge in [0.1, 0.15) is 5.75 Å². The van der Waals surface area contributed by atoms with Gasteiger partial charge in [-0.1, -0.05) is 18.2 Å². The van der Waals surface area contributed by atoms with E-state index in [0.717, 1.165) is 5.56 Å². The fraction of sp³-hybridized carbons (Fsp3) is 0.133. The highest BCUT2D eigenvalue weighted by Gasteiger charge is 2.29. The van der Waals surface area contributed by atoms with Gasteiger partial charge in [-0.3, -0.25) is 4.79 Å². The molecular formula is C15H14N2O3. The maximum Gasteiger partial charge on any atom is 0.254 e. The zero-order valence-electron chi connectivity index (χ0n) is 10.6. The molecule has 0 saturated carbocycles. The van der Waals surface area contributed by atoms with Crippen LogP contribution in [0.25, 0.3) is 0 Å². The molecule has 0 radical (unpaired) electrons. The van der Waals surface area contributed by atoms with Gasteiger partial charge in [-0.15, -0.1) is 0 Å². The highest BCUT2D eigenvalue weighted by Crippen LogP contribution is 2.30. The Labute approximate surface area is 115 Å². The van der Waals surface area contributed by atoms with Crippen molar-refractivity contribution in [2.45, 2.75) is 12.8 Å². The van der Waals surface area contributed by atoms with Crippen LogP contribution in [0.3, 0.4) is 0 Å². The van der Waals surface area contributed by atoms with Gasteiger partial charge in [-0.25, -0.2) is 0 Å².